The molecule has 0 bridgehead atoms. The van der Waals surface area contributed by atoms with Crippen LogP contribution < -0.4 is 10.4 Å². The molecule has 0 fully saturated rings. The van der Waals surface area contributed by atoms with Gasteiger partial charge in [-0.15, -0.1) is 0 Å². The van der Waals surface area contributed by atoms with Crippen LogP contribution in [0.5, 0.6) is 0 Å². The van der Waals surface area contributed by atoms with Crippen LogP contribution in [0.15, 0.2) is 60.7 Å². The summed E-state index contributed by atoms with van der Waals surface area (Å²) < 4.78 is 28.0. The minimum absolute atomic E-state index is 0.375. The van der Waals surface area contributed by atoms with Crippen molar-refractivity contribution in [2.24, 2.45) is 0 Å². The van der Waals surface area contributed by atoms with E-state index in [2.05, 4.69) is 132 Å². The highest BCUT2D eigenvalue weighted by Crippen LogP contribution is 2.34. The van der Waals surface area contributed by atoms with Crippen molar-refractivity contribution in [2.75, 3.05) is 0 Å². The van der Waals surface area contributed by atoms with Crippen molar-refractivity contribution >= 4 is 27.5 Å². The maximum absolute atomic E-state index is 7.01. The summed E-state index contributed by atoms with van der Waals surface area (Å²) in [5.41, 5.74) is -1.50. The van der Waals surface area contributed by atoms with E-state index in [0.717, 1.165) is 22.5 Å². The topological polar surface area (TPSA) is 36.9 Å². The van der Waals surface area contributed by atoms with Crippen LogP contribution >= 0.6 is 0 Å². The Hall–Kier alpha value is -1.29. The fourth-order valence-corrected chi connectivity index (χ4v) is 14.0. The first-order valence-electron chi connectivity index (χ1n) is 13.2. The van der Waals surface area contributed by atoms with Crippen molar-refractivity contribution in [1.82, 2.24) is 0 Å². The highest BCUT2D eigenvalue weighted by Gasteiger charge is 2.52. The van der Waals surface area contributed by atoms with E-state index >= 15 is 0 Å². The Labute approximate surface area is 223 Å². The molecule has 2 aromatic carbocycles. The zero-order valence-corrected chi connectivity index (χ0v) is 26.8. The molecule has 0 heterocycles. The van der Waals surface area contributed by atoms with Crippen molar-refractivity contribution in [3.8, 4) is 0 Å². The Morgan fingerprint density at radius 2 is 0.639 bits per heavy atom. The Morgan fingerprint density at radius 3 is 0.833 bits per heavy atom. The lowest BCUT2D eigenvalue weighted by molar-refractivity contribution is 0.0141. The van der Waals surface area contributed by atoms with E-state index in [9.17, 15) is 0 Å². The number of hydrogen-bond acceptors (Lipinski definition) is 4. The third-order valence-corrected chi connectivity index (χ3v) is 13.6. The van der Waals surface area contributed by atoms with E-state index < -0.39 is 17.1 Å². The summed E-state index contributed by atoms with van der Waals surface area (Å²) in [4.78, 5) is 0. The average molecular weight is 531 g/mol. The second kappa shape index (κ2) is 11.2. The molecular weight excluding hydrogens is 480 g/mol. The molecule has 0 unspecified atom stereocenters. The molecule has 202 valence electrons. The normalized spacial score (nSPS) is 14.2. The number of hydrogen-bond donors (Lipinski definition) is 0. The van der Waals surface area contributed by atoms with Crippen molar-refractivity contribution in [3.63, 3.8) is 0 Å². The van der Waals surface area contributed by atoms with E-state index in [1.54, 1.807) is 0 Å². The first-order valence-corrected chi connectivity index (χ1v) is 17.2. The Bertz CT molecular complexity index is 822. The quantitative estimate of drug-likeness (QED) is 0.329. The maximum Gasteiger partial charge on any atom is 0.373 e. The number of rotatable bonds is 9. The van der Waals surface area contributed by atoms with Gasteiger partial charge >= 0.3 is 17.1 Å². The monoisotopic (exact) mass is 530 g/mol. The average Bonchev–Trinajstić information content (AvgIpc) is 2.69. The van der Waals surface area contributed by atoms with Crippen molar-refractivity contribution < 1.29 is 17.7 Å². The van der Waals surface area contributed by atoms with Gasteiger partial charge in [-0.3, -0.25) is 0 Å². The van der Waals surface area contributed by atoms with Crippen molar-refractivity contribution in [3.05, 3.63) is 60.7 Å². The van der Waals surface area contributed by atoms with Gasteiger partial charge in [0.05, 0.1) is 22.4 Å². The van der Waals surface area contributed by atoms with Crippen molar-refractivity contribution in [2.45, 2.75) is 118 Å². The fourth-order valence-electron chi connectivity index (χ4n) is 4.46. The molecule has 0 spiro atoms. The summed E-state index contributed by atoms with van der Waals surface area (Å²) in [6.45, 7) is 25.4. The van der Waals surface area contributed by atoms with E-state index in [0.29, 0.717) is 0 Å². The van der Waals surface area contributed by atoms with Gasteiger partial charge in [0.2, 0.25) is 0 Å². The van der Waals surface area contributed by atoms with Gasteiger partial charge in [-0.25, -0.2) is 0 Å². The summed E-state index contributed by atoms with van der Waals surface area (Å²) in [7, 11) is -5.92. The van der Waals surface area contributed by atoms with Gasteiger partial charge in [-0.05, 0) is 106 Å². The van der Waals surface area contributed by atoms with E-state index in [4.69, 9.17) is 17.7 Å². The number of benzene rings is 2. The van der Waals surface area contributed by atoms with E-state index in [1.807, 2.05) is 12.1 Å². The lowest BCUT2D eigenvalue weighted by Crippen LogP contribution is -2.64. The molecule has 36 heavy (non-hydrogen) atoms. The largest absolute Gasteiger partial charge is 0.386 e. The van der Waals surface area contributed by atoms with Crippen LogP contribution in [0, 0.1) is 0 Å². The van der Waals surface area contributed by atoms with Crippen LogP contribution in [-0.2, 0) is 17.7 Å². The van der Waals surface area contributed by atoms with Crippen LogP contribution in [-0.4, -0.2) is 39.5 Å². The maximum atomic E-state index is 7.01. The SMILES string of the molecule is CC(C)(C)O[Si](CC[Si](OC(C)(C)C)(OC(C)(C)C)c1ccccc1)(OC(C)(C)C)c1ccccc1. The molecule has 0 aliphatic rings. The minimum Gasteiger partial charge on any atom is -0.386 e. The molecule has 2 aromatic rings. The predicted molar refractivity (Wildman–Crippen MR) is 157 cm³/mol. The predicted octanol–water partition coefficient (Wildman–Crippen LogP) is 6.95. The second-order valence-corrected chi connectivity index (χ2v) is 19.6. The van der Waals surface area contributed by atoms with Crippen LogP contribution in [0.4, 0.5) is 0 Å². The second-order valence-electron chi connectivity index (χ2n) is 13.6. The molecule has 0 atom stereocenters. The van der Waals surface area contributed by atoms with Gasteiger partial charge in [-0.1, -0.05) is 60.7 Å². The molecule has 6 heteroatoms. The smallest absolute Gasteiger partial charge is 0.373 e. The highest BCUT2D eigenvalue weighted by molar-refractivity contribution is 6.86. The van der Waals surface area contributed by atoms with Gasteiger partial charge in [0.25, 0.3) is 0 Å². The Morgan fingerprint density at radius 1 is 0.417 bits per heavy atom. The zero-order chi connectivity index (χ0) is 27.5. The standard InChI is InChI=1S/C30H50O4Si2/c1-27(2,3)31-35(32-28(4,5)6,25-19-15-13-16-20-25)23-24-36(33-29(7,8)9,34-30(10,11)12)26-21-17-14-18-22-26/h13-22H,23-24H2,1-12H3. The molecule has 2 rings (SSSR count). The van der Waals surface area contributed by atoms with Gasteiger partial charge in [0.1, 0.15) is 0 Å². The zero-order valence-electron chi connectivity index (χ0n) is 24.8. The first kappa shape index (κ1) is 30.9. The Kier molecular flexibility index (Phi) is 9.64. The lowest BCUT2D eigenvalue weighted by atomic mass is 10.2. The van der Waals surface area contributed by atoms with Crippen LogP contribution in [0.2, 0.25) is 12.1 Å². The molecule has 0 aromatic heterocycles. The van der Waals surface area contributed by atoms with Crippen LogP contribution in [0.1, 0.15) is 83.1 Å². The summed E-state index contributed by atoms with van der Waals surface area (Å²) >= 11 is 0. The van der Waals surface area contributed by atoms with Gasteiger partial charge in [0.15, 0.2) is 0 Å². The molecule has 0 N–H and O–H groups in total. The molecule has 0 radical (unpaired) electrons. The van der Waals surface area contributed by atoms with Crippen molar-refractivity contribution in [1.29, 1.82) is 0 Å². The highest BCUT2D eigenvalue weighted by atomic mass is 28.4. The Balaban J connectivity index is 2.72. The van der Waals surface area contributed by atoms with Gasteiger partial charge in [0, 0.05) is 0 Å². The fraction of sp³-hybridized carbons (Fsp3) is 0.600. The minimum atomic E-state index is -2.96. The molecule has 0 saturated heterocycles. The third kappa shape index (κ3) is 9.88. The molecule has 0 aliphatic heterocycles. The summed E-state index contributed by atoms with van der Waals surface area (Å²) in [5, 5.41) is 2.27. The van der Waals surface area contributed by atoms with Gasteiger partial charge in [-0.2, -0.15) is 0 Å². The summed E-state index contributed by atoms with van der Waals surface area (Å²) in [5.74, 6) is 0. The molecule has 0 aliphatic carbocycles. The molecule has 4 nitrogen and oxygen atoms in total. The summed E-state index contributed by atoms with van der Waals surface area (Å²) in [6, 6.07) is 22.5. The van der Waals surface area contributed by atoms with Crippen LogP contribution in [0.25, 0.3) is 0 Å². The van der Waals surface area contributed by atoms with E-state index in [-0.39, 0.29) is 22.4 Å². The van der Waals surface area contributed by atoms with Gasteiger partial charge < -0.3 is 17.7 Å². The molecular formula is C30H50O4Si2. The summed E-state index contributed by atoms with van der Waals surface area (Å²) in [6.07, 6.45) is 0. The lowest BCUT2D eigenvalue weighted by Gasteiger charge is -2.45. The van der Waals surface area contributed by atoms with E-state index in [1.165, 1.54) is 0 Å². The third-order valence-electron chi connectivity index (χ3n) is 5.09. The first-order chi connectivity index (χ1) is 16.2. The molecule has 0 amide bonds. The molecule has 0 saturated carbocycles. The van der Waals surface area contributed by atoms with Crippen LogP contribution in [0.3, 0.4) is 0 Å².